The molecule has 7 heteroatoms. The van der Waals surface area contributed by atoms with Gasteiger partial charge in [-0.25, -0.2) is 4.98 Å². The van der Waals surface area contributed by atoms with Crippen LogP contribution in [0.2, 0.25) is 0 Å². The Morgan fingerprint density at radius 2 is 2.00 bits per heavy atom. The molecule has 0 aromatic carbocycles. The van der Waals surface area contributed by atoms with Crippen molar-refractivity contribution in [3.63, 3.8) is 0 Å². The van der Waals surface area contributed by atoms with Crippen molar-refractivity contribution in [1.29, 1.82) is 0 Å². The van der Waals surface area contributed by atoms with Gasteiger partial charge in [-0.1, -0.05) is 6.92 Å². The van der Waals surface area contributed by atoms with Crippen molar-refractivity contribution in [3.05, 3.63) is 15.6 Å². The third kappa shape index (κ3) is 4.38. The fraction of sp³-hybridized carbons (Fsp3) is 0.750. The predicted octanol–water partition coefficient (Wildman–Crippen LogP) is 3.46. The zero-order valence-electron chi connectivity index (χ0n) is 13.9. The SMILES string of the molecule is CCCc1nc(C)c(C(=O)N2CCC3(CCNC3)CC2)s1.Cl.Cl. The molecule has 1 amide bonds. The van der Waals surface area contributed by atoms with Crippen LogP contribution in [-0.2, 0) is 6.42 Å². The summed E-state index contributed by atoms with van der Waals surface area (Å²) in [6.07, 6.45) is 5.62. The standard InChI is InChI=1S/C16H25N3OS.2ClH/c1-3-4-13-18-12(2)14(21-13)15(20)19-9-6-16(7-10-19)5-8-17-11-16;;/h17H,3-11H2,1-2H3;2*1H. The van der Waals surface area contributed by atoms with Crippen LogP contribution in [0.25, 0.3) is 0 Å². The quantitative estimate of drug-likeness (QED) is 0.874. The first-order chi connectivity index (χ1) is 10.1. The summed E-state index contributed by atoms with van der Waals surface area (Å²) in [6.45, 7) is 8.20. The van der Waals surface area contributed by atoms with Gasteiger partial charge in [0.15, 0.2) is 0 Å². The third-order valence-electron chi connectivity index (χ3n) is 4.94. The Morgan fingerprint density at radius 1 is 1.30 bits per heavy atom. The number of hydrogen-bond acceptors (Lipinski definition) is 4. The molecule has 2 aliphatic heterocycles. The fourth-order valence-electron chi connectivity index (χ4n) is 3.52. The van der Waals surface area contributed by atoms with E-state index < -0.39 is 0 Å². The van der Waals surface area contributed by atoms with E-state index in [0.29, 0.717) is 5.41 Å². The zero-order chi connectivity index (χ0) is 14.9. The van der Waals surface area contributed by atoms with Crippen LogP contribution >= 0.6 is 36.2 Å². The van der Waals surface area contributed by atoms with Crippen molar-refractivity contribution in [2.24, 2.45) is 5.41 Å². The average molecular weight is 380 g/mol. The Hall–Kier alpha value is -0.360. The van der Waals surface area contributed by atoms with Crippen LogP contribution in [-0.4, -0.2) is 42.0 Å². The lowest BCUT2D eigenvalue weighted by molar-refractivity contribution is 0.0611. The highest BCUT2D eigenvalue weighted by molar-refractivity contribution is 7.13. The van der Waals surface area contributed by atoms with E-state index in [-0.39, 0.29) is 30.7 Å². The molecule has 132 valence electrons. The molecule has 0 atom stereocenters. The van der Waals surface area contributed by atoms with Crippen LogP contribution in [0, 0.1) is 12.3 Å². The number of aromatic nitrogens is 1. The molecule has 4 nitrogen and oxygen atoms in total. The number of aryl methyl sites for hydroxylation is 2. The van der Waals surface area contributed by atoms with Gasteiger partial charge in [-0.3, -0.25) is 4.79 Å². The van der Waals surface area contributed by atoms with Crippen LogP contribution in [0.15, 0.2) is 0 Å². The Morgan fingerprint density at radius 3 is 2.57 bits per heavy atom. The lowest BCUT2D eigenvalue weighted by atomic mass is 9.78. The number of likely N-dealkylation sites (tertiary alicyclic amines) is 1. The first-order valence-electron chi connectivity index (χ1n) is 8.10. The molecule has 1 aromatic rings. The average Bonchev–Trinajstić information content (AvgIpc) is 3.07. The first kappa shape index (κ1) is 20.7. The van der Waals surface area contributed by atoms with Gasteiger partial charge in [-0.05, 0) is 51.0 Å². The number of carbonyl (C=O) groups is 1. The number of carbonyl (C=O) groups excluding carboxylic acids is 1. The minimum atomic E-state index is 0. The lowest BCUT2D eigenvalue weighted by Gasteiger charge is -2.38. The summed E-state index contributed by atoms with van der Waals surface area (Å²) in [5, 5.41) is 4.58. The summed E-state index contributed by atoms with van der Waals surface area (Å²) in [5.74, 6) is 0.202. The summed E-state index contributed by atoms with van der Waals surface area (Å²) in [6, 6.07) is 0. The Kier molecular flexibility index (Phi) is 7.78. The van der Waals surface area contributed by atoms with Crippen molar-refractivity contribution >= 4 is 42.1 Å². The molecule has 1 aromatic heterocycles. The molecule has 2 saturated heterocycles. The van der Waals surface area contributed by atoms with Crippen molar-refractivity contribution in [2.75, 3.05) is 26.2 Å². The van der Waals surface area contributed by atoms with Gasteiger partial charge in [0, 0.05) is 19.6 Å². The minimum absolute atomic E-state index is 0. The van der Waals surface area contributed by atoms with Crippen LogP contribution in [0.5, 0.6) is 0 Å². The Labute approximate surface area is 155 Å². The van der Waals surface area contributed by atoms with Crippen molar-refractivity contribution in [1.82, 2.24) is 15.2 Å². The molecule has 2 aliphatic rings. The van der Waals surface area contributed by atoms with E-state index in [0.717, 1.165) is 67.4 Å². The number of nitrogens with one attached hydrogen (secondary N) is 1. The van der Waals surface area contributed by atoms with E-state index in [4.69, 9.17) is 0 Å². The van der Waals surface area contributed by atoms with Crippen LogP contribution in [0.4, 0.5) is 0 Å². The van der Waals surface area contributed by atoms with Crippen molar-refractivity contribution in [3.8, 4) is 0 Å². The van der Waals surface area contributed by atoms with Gasteiger partial charge in [0.2, 0.25) is 0 Å². The summed E-state index contributed by atoms with van der Waals surface area (Å²) in [7, 11) is 0. The highest BCUT2D eigenvalue weighted by Crippen LogP contribution is 2.37. The Balaban J connectivity index is 0.00000132. The summed E-state index contributed by atoms with van der Waals surface area (Å²) in [4.78, 5) is 20.2. The number of rotatable bonds is 3. The lowest BCUT2D eigenvalue weighted by Crippen LogP contribution is -2.44. The predicted molar refractivity (Wildman–Crippen MR) is 100 cm³/mol. The van der Waals surface area contributed by atoms with E-state index in [1.165, 1.54) is 6.42 Å². The maximum atomic E-state index is 12.7. The number of halogens is 2. The minimum Gasteiger partial charge on any atom is -0.338 e. The van der Waals surface area contributed by atoms with Gasteiger partial charge in [0.05, 0.1) is 10.7 Å². The van der Waals surface area contributed by atoms with E-state index in [9.17, 15) is 4.79 Å². The van der Waals surface area contributed by atoms with Crippen LogP contribution < -0.4 is 5.32 Å². The van der Waals surface area contributed by atoms with Gasteiger partial charge in [-0.2, -0.15) is 0 Å². The molecule has 0 radical (unpaired) electrons. The van der Waals surface area contributed by atoms with E-state index in [1.807, 2.05) is 11.8 Å². The maximum Gasteiger partial charge on any atom is 0.265 e. The van der Waals surface area contributed by atoms with E-state index in [2.05, 4.69) is 17.2 Å². The largest absolute Gasteiger partial charge is 0.338 e. The monoisotopic (exact) mass is 379 g/mol. The van der Waals surface area contributed by atoms with E-state index >= 15 is 0 Å². The maximum absolute atomic E-state index is 12.7. The zero-order valence-corrected chi connectivity index (χ0v) is 16.3. The molecule has 0 saturated carbocycles. The van der Waals surface area contributed by atoms with Gasteiger partial charge in [0.1, 0.15) is 4.88 Å². The second kappa shape index (κ2) is 8.65. The molecule has 3 heterocycles. The molecule has 0 aliphatic carbocycles. The van der Waals surface area contributed by atoms with Gasteiger partial charge in [-0.15, -0.1) is 36.2 Å². The van der Waals surface area contributed by atoms with E-state index in [1.54, 1.807) is 11.3 Å². The Bertz CT molecular complexity index is 519. The number of hydrogen-bond donors (Lipinski definition) is 1. The fourth-order valence-corrected chi connectivity index (χ4v) is 4.66. The molecule has 0 unspecified atom stereocenters. The number of thiazole rings is 1. The molecule has 0 bridgehead atoms. The molecule has 1 N–H and O–H groups in total. The molecular formula is C16H27Cl2N3OS. The second-order valence-electron chi connectivity index (χ2n) is 6.49. The van der Waals surface area contributed by atoms with Crippen molar-refractivity contribution in [2.45, 2.75) is 46.0 Å². The molecule has 1 spiro atoms. The molecule has 2 fully saturated rings. The summed E-state index contributed by atoms with van der Waals surface area (Å²) >= 11 is 1.59. The summed E-state index contributed by atoms with van der Waals surface area (Å²) < 4.78 is 0. The highest BCUT2D eigenvalue weighted by atomic mass is 35.5. The number of piperidine rings is 1. The van der Waals surface area contributed by atoms with Crippen LogP contribution in [0.1, 0.15) is 53.0 Å². The van der Waals surface area contributed by atoms with Crippen molar-refractivity contribution < 1.29 is 4.79 Å². The van der Waals surface area contributed by atoms with Gasteiger partial charge >= 0.3 is 0 Å². The molecular weight excluding hydrogens is 353 g/mol. The molecule has 3 rings (SSSR count). The number of amides is 1. The highest BCUT2D eigenvalue weighted by Gasteiger charge is 2.38. The smallest absolute Gasteiger partial charge is 0.265 e. The van der Waals surface area contributed by atoms with Gasteiger partial charge < -0.3 is 10.2 Å². The second-order valence-corrected chi connectivity index (χ2v) is 7.57. The topological polar surface area (TPSA) is 45.2 Å². The molecule has 23 heavy (non-hydrogen) atoms. The van der Waals surface area contributed by atoms with Gasteiger partial charge in [0.25, 0.3) is 5.91 Å². The normalized spacial score (nSPS) is 19.3. The van der Waals surface area contributed by atoms with Crippen LogP contribution in [0.3, 0.4) is 0 Å². The third-order valence-corrected chi connectivity index (χ3v) is 6.15. The first-order valence-corrected chi connectivity index (χ1v) is 8.91. The summed E-state index contributed by atoms with van der Waals surface area (Å²) in [5.41, 5.74) is 1.38. The number of nitrogens with zero attached hydrogens (tertiary/aromatic N) is 2.